The van der Waals surface area contributed by atoms with Crippen LogP contribution in [0.2, 0.25) is 0 Å². The van der Waals surface area contributed by atoms with Crippen LogP contribution in [0.5, 0.6) is 0 Å². The Labute approximate surface area is 117 Å². The maximum absolute atomic E-state index is 11.7. The number of imidazole rings is 1. The van der Waals surface area contributed by atoms with Gasteiger partial charge in [0, 0.05) is 32.2 Å². The Bertz CT molecular complexity index is 726. The van der Waals surface area contributed by atoms with Gasteiger partial charge in [0.2, 0.25) is 5.91 Å². The van der Waals surface area contributed by atoms with Crippen LogP contribution >= 0.6 is 0 Å². The number of benzene rings is 1. The van der Waals surface area contributed by atoms with Crippen LogP contribution in [0, 0.1) is 11.3 Å². The average Bonchev–Trinajstić information content (AvgIpc) is 2.96. The van der Waals surface area contributed by atoms with Gasteiger partial charge in [0.15, 0.2) is 0 Å². The summed E-state index contributed by atoms with van der Waals surface area (Å²) >= 11 is 0. The molecule has 1 aromatic carbocycles. The molecule has 1 atom stereocenters. The Morgan fingerprint density at radius 1 is 1.40 bits per heavy atom. The first-order chi connectivity index (χ1) is 9.61. The molecule has 2 heterocycles. The lowest BCUT2D eigenvalue weighted by Crippen LogP contribution is -2.20. The Morgan fingerprint density at radius 2 is 2.20 bits per heavy atom. The summed E-state index contributed by atoms with van der Waals surface area (Å²) < 4.78 is 1.85. The minimum atomic E-state index is -0.415. The molecule has 1 aromatic heterocycles. The van der Waals surface area contributed by atoms with Crippen molar-refractivity contribution in [2.24, 2.45) is 7.05 Å². The highest BCUT2D eigenvalue weighted by Gasteiger charge is 2.26. The van der Waals surface area contributed by atoms with Crippen LogP contribution in [0.4, 0.5) is 5.69 Å². The van der Waals surface area contributed by atoms with Gasteiger partial charge in [-0.05, 0) is 17.2 Å². The molecule has 5 heteroatoms. The molecule has 1 aliphatic rings. The van der Waals surface area contributed by atoms with Gasteiger partial charge in [0.1, 0.15) is 11.7 Å². The number of likely N-dealkylation sites (N-methyl/N-ethyl adjacent to an activating group) is 1. The first-order valence-electron chi connectivity index (χ1n) is 6.38. The van der Waals surface area contributed by atoms with E-state index in [1.165, 1.54) is 0 Å². The van der Waals surface area contributed by atoms with Crippen molar-refractivity contribution >= 4 is 11.6 Å². The third-order valence-corrected chi connectivity index (χ3v) is 3.76. The molecule has 100 valence electrons. The number of rotatable bonds is 2. The zero-order valence-electron chi connectivity index (χ0n) is 11.4. The molecular weight excluding hydrogens is 252 g/mol. The van der Waals surface area contributed by atoms with Gasteiger partial charge in [0.25, 0.3) is 0 Å². The molecule has 20 heavy (non-hydrogen) atoms. The summed E-state index contributed by atoms with van der Waals surface area (Å²) in [4.78, 5) is 17.6. The lowest BCUT2D eigenvalue weighted by Gasteiger charge is -2.13. The van der Waals surface area contributed by atoms with E-state index >= 15 is 0 Å². The van der Waals surface area contributed by atoms with Crippen LogP contribution in [0.25, 0.3) is 0 Å². The number of aromatic nitrogens is 2. The van der Waals surface area contributed by atoms with E-state index in [1.54, 1.807) is 18.1 Å². The zero-order chi connectivity index (χ0) is 14.3. The molecule has 3 rings (SSSR count). The van der Waals surface area contributed by atoms with Gasteiger partial charge >= 0.3 is 0 Å². The third kappa shape index (κ3) is 1.77. The lowest BCUT2D eigenvalue weighted by molar-refractivity contribution is -0.117. The van der Waals surface area contributed by atoms with E-state index in [1.807, 2.05) is 36.0 Å². The number of carbonyl (C=O) groups excluding carboxylic acids is 1. The number of nitriles is 1. The Morgan fingerprint density at radius 3 is 2.85 bits per heavy atom. The number of hydrogen-bond acceptors (Lipinski definition) is 3. The molecule has 0 radical (unpaired) electrons. The molecule has 0 spiro atoms. The van der Waals surface area contributed by atoms with Crippen molar-refractivity contribution in [3.8, 4) is 6.07 Å². The fraction of sp³-hybridized carbons (Fsp3) is 0.267. The topological polar surface area (TPSA) is 61.9 Å². The second-order valence-corrected chi connectivity index (χ2v) is 4.98. The van der Waals surface area contributed by atoms with Gasteiger partial charge < -0.3 is 9.47 Å². The summed E-state index contributed by atoms with van der Waals surface area (Å²) in [6.07, 6.45) is 3.91. The summed E-state index contributed by atoms with van der Waals surface area (Å²) in [5, 5.41) is 9.45. The van der Waals surface area contributed by atoms with Crippen molar-refractivity contribution in [3.05, 3.63) is 47.5 Å². The molecule has 0 aliphatic carbocycles. The fourth-order valence-corrected chi connectivity index (χ4v) is 2.61. The van der Waals surface area contributed by atoms with Gasteiger partial charge in [-0.2, -0.15) is 5.26 Å². The number of anilines is 1. The van der Waals surface area contributed by atoms with Crippen LogP contribution in [0.1, 0.15) is 22.9 Å². The Hall–Kier alpha value is -2.61. The number of fused-ring (bicyclic) bond motifs is 1. The molecular formula is C15H14N4O. The summed E-state index contributed by atoms with van der Waals surface area (Å²) in [7, 11) is 3.64. The van der Waals surface area contributed by atoms with Crippen LogP contribution in [-0.2, 0) is 18.3 Å². The highest BCUT2D eigenvalue weighted by molar-refractivity contribution is 6.00. The second kappa shape index (κ2) is 4.49. The van der Waals surface area contributed by atoms with Crippen LogP contribution < -0.4 is 4.90 Å². The van der Waals surface area contributed by atoms with Crippen molar-refractivity contribution in [3.63, 3.8) is 0 Å². The fourth-order valence-electron chi connectivity index (χ4n) is 2.61. The van der Waals surface area contributed by atoms with Gasteiger partial charge in [-0.15, -0.1) is 0 Å². The first kappa shape index (κ1) is 12.4. The molecule has 0 N–H and O–H groups in total. The predicted octanol–water partition coefficient (Wildman–Crippen LogP) is 1.59. The maximum atomic E-state index is 11.7. The van der Waals surface area contributed by atoms with Crippen molar-refractivity contribution in [2.75, 3.05) is 11.9 Å². The van der Waals surface area contributed by atoms with Crippen molar-refractivity contribution in [1.29, 1.82) is 5.26 Å². The molecule has 0 saturated heterocycles. The van der Waals surface area contributed by atoms with E-state index in [4.69, 9.17) is 0 Å². The molecule has 0 fully saturated rings. The Kier molecular flexibility index (Phi) is 2.79. The van der Waals surface area contributed by atoms with Crippen LogP contribution in [0.15, 0.2) is 30.6 Å². The van der Waals surface area contributed by atoms with Gasteiger partial charge in [-0.25, -0.2) is 4.98 Å². The summed E-state index contributed by atoms with van der Waals surface area (Å²) in [6.45, 7) is 0. The normalized spacial score (nSPS) is 15.1. The average molecular weight is 266 g/mol. The number of aryl methyl sites for hydroxylation is 1. The standard InChI is InChI=1S/C15H14N4O/c1-18-6-5-17-15(18)12(9-16)10-3-4-13-11(7-10)8-14(20)19(13)2/h3-7,12H,8H2,1-2H3. The monoisotopic (exact) mass is 266 g/mol. The van der Waals surface area contributed by atoms with Gasteiger partial charge in [-0.3, -0.25) is 4.79 Å². The molecule has 0 saturated carbocycles. The predicted molar refractivity (Wildman–Crippen MR) is 74.2 cm³/mol. The van der Waals surface area contributed by atoms with Gasteiger partial charge in [0.05, 0.1) is 12.5 Å². The molecule has 0 bridgehead atoms. The summed E-state index contributed by atoms with van der Waals surface area (Å²) in [5.74, 6) is 0.383. The van der Waals surface area contributed by atoms with Crippen molar-refractivity contribution < 1.29 is 4.79 Å². The van der Waals surface area contributed by atoms with Crippen LogP contribution in [-0.4, -0.2) is 22.5 Å². The van der Waals surface area contributed by atoms with E-state index in [-0.39, 0.29) is 5.91 Å². The van der Waals surface area contributed by atoms with E-state index in [2.05, 4.69) is 11.1 Å². The molecule has 1 aliphatic heterocycles. The summed E-state index contributed by atoms with van der Waals surface area (Å²) in [5.41, 5.74) is 2.78. The van der Waals surface area contributed by atoms with E-state index in [9.17, 15) is 10.1 Å². The lowest BCUT2D eigenvalue weighted by atomic mass is 9.96. The van der Waals surface area contributed by atoms with Crippen LogP contribution in [0.3, 0.4) is 0 Å². The highest BCUT2D eigenvalue weighted by atomic mass is 16.2. The van der Waals surface area contributed by atoms with E-state index < -0.39 is 5.92 Å². The van der Waals surface area contributed by atoms with Crippen molar-refractivity contribution in [2.45, 2.75) is 12.3 Å². The number of amides is 1. The zero-order valence-corrected chi connectivity index (χ0v) is 11.4. The SMILES string of the molecule is CN1C(=O)Cc2cc(C(C#N)c3nccn3C)ccc21. The highest BCUT2D eigenvalue weighted by Crippen LogP contribution is 2.32. The smallest absolute Gasteiger partial charge is 0.231 e. The number of carbonyl (C=O) groups is 1. The first-order valence-corrected chi connectivity index (χ1v) is 6.38. The quantitative estimate of drug-likeness (QED) is 0.829. The minimum Gasteiger partial charge on any atom is -0.337 e. The van der Waals surface area contributed by atoms with Gasteiger partial charge in [-0.1, -0.05) is 12.1 Å². The largest absolute Gasteiger partial charge is 0.337 e. The van der Waals surface area contributed by atoms with E-state index in [0.29, 0.717) is 12.2 Å². The van der Waals surface area contributed by atoms with E-state index in [0.717, 1.165) is 16.8 Å². The number of hydrogen-bond donors (Lipinski definition) is 0. The minimum absolute atomic E-state index is 0.0858. The third-order valence-electron chi connectivity index (χ3n) is 3.76. The number of nitrogens with zero attached hydrogens (tertiary/aromatic N) is 4. The van der Waals surface area contributed by atoms with Crippen molar-refractivity contribution in [1.82, 2.24) is 9.55 Å². The molecule has 2 aromatic rings. The molecule has 1 amide bonds. The second-order valence-electron chi connectivity index (χ2n) is 4.98. The maximum Gasteiger partial charge on any atom is 0.231 e. The molecule has 5 nitrogen and oxygen atoms in total. The summed E-state index contributed by atoms with van der Waals surface area (Å²) in [6, 6.07) is 8.04. The molecule has 1 unspecified atom stereocenters. The Balaban J connectivity index is 2.04.